The van der Waals surface area contributed by atoms with Gasteiger partial charge in [0.25, 0.3) is 0 Å². The van der Waals surface area contributed by atoms with E-state index in [1.807, 2.05) is 10.4 Å². The van der Waals surface area contributed by atoms with Crippen molar-refractivity contribution in [3.8, 4) is 22.3 Å². The maximum atomic E-state index is 2.80. The molecule has 2 aliphatic carbocycles. The van der Waals surface area contributed by atoms with Crippen molar-refractivity contribution in [1.82, 2.24) is 0 Å². The Morgan fingerprint density at radius 3 is 1.34 bits per heavy atom. The van der Waals surface area contributed by atoms with Crippen molar-refractivity contribution >= 4 is 20.2 Å². The second kappa shape index (κ2) is 11.0. The van der Waals surface area contributed by atoms with Crippen LogP contribution in [0.3, 0.4) is 0 Å². The molecule has 7 rings (SSSR count). The predicted octanol–water partition coefficient (Wildman–Crippen LogP) is 13.2. The summed E-state index contributed by atoms with van der Waals surface area (Å²) in [6, 6.07) is 30.2. The first-order valence-electron chi connectivity index (χ1n) is 17.9. The van der Waals surface area contributed by atoms with Gasteiger partial charge in [0.2, 0.25) is 0 Å². The quantitative estimate of drug-likeness (QED) is 0.181. The van der Waals surface area contributed by atoms with Gasteiger partial charge >= 0.3 is 293 Å². The molecule has 1 heterocycles. The fourth-order valence-corrected chi connectivity index (χ4v) is 41.2. The molecule has 2 unspecified atom stereocenters. The molecular formula is C45H54HfSi. The second-order valence-corrected chi connectivity index (χ2v) is 39.5. The molecule has 0 radical (unpaired) electrons. The average molecular weight is 802 g/mol. The van der Waals surface area contributed by atoms with Crippen molar-refractivity contribution in [2.45, 2.75) is 102 Å². The Bertz CT molecular complexity index is 1870. The molecule has 0 aromatic heterocycles. The summed E-state index contributed by atoms with van der Waals surface area (Å²) in [6.07, 6.45) is 5.47. The Balaban J connectivity index is 1.39. The molecule has 0 N–H and O–H groups in total. The normalized spacial score (nSPS) is 22.6. The van der Waals surface area contributed by atoms with Gasteiger partial charge in [0, 0.05) is 0 Å². The van der Waals surface area contributed by atoms with Crippen LogP contribution in [0.5, 0.6) is 0 Å². The van der Waals surface area contributed by atoms with Gasteiger partial charge in [-0.15, -0.1) is 0 Å². The van der Waals surface area contributed by atoms with Crippen LogP contribution in [-0.2, 0) is 30.8 Å². The summed E-state index contributed by atoms with van der Waals surface area (Å²) in [6.45, 7) is 23.8. The molecule has 0 nitrogen and oxygen atoms in total. The first-order valence-corrected chi connectivity index (χ1v) is 32.0. The third-order valence-electron chi connectivity index (χ3n) is 12.4. The molecular weight excluding hydrogens is 747 g/mol. The fraction of sp³-hybridized carbons (Fsp3) is 0.378. The fourth-order valence-electron chi connectivity index (χ4n) is 9.44. The van der Waals surface area contributed by atoms with Crippen molar-refractivity contribution in [3.63, 3.8) is 0 Å². The SMILES string of the molecule is CC[Si]1(C)C2=Cc3c(-c4ccc(C(C)(C)C)cc4C)cccc3[CH]2[Hf]([CH3])([CH3])[CH]2C1=Cc1c(-c3ccc(C(C)(C)C)cc3C)cccc12. The van der Waals surface area contributed by atoms with Crippen molar-refractivity contribution in [3.05, 3.63) is 128 Å². The van der Waals surface area contributed by atoms with Crippen LogP contribution in [-0.4, -0.2) is 8.07 Å². The number of allylic oxidation sites excluding steroid dienone is 2. The first-order chi connectivity index (χ1) is 22.0. The molecule has 1 aliphatic heterocycles. The van der Waals surface area contributed by atoms with Gasteiger partial charge in [-0.2, -0.15) is 0 Å². The van der Waals surface area contributed by atoms with E-state index in [-0.39, 0.29) is 10.8 Å². The van der Waals surface area contributed by atoms with Crippen LogP contribution in [0.2, 0.25) is 22.0 Å². The van der Waals surface area contributed by atoms with Gasteiger partial charge in [0.15, 0.2) is 0 Å². The van der Waals surface area contributed by atoms with E-state index in [0.717, 1.165) is 0 Å². The summed E-state index contributed by atoms with van der Waals surface area (Å²) in [5, 5.41) is 3.70. The van der Waals surface area contributed by atoms with Crippen molar-refractivity contribution in [1.29, 1.82) is 0 Å². The second-order valence-electron chi connectivity index (χ2n) is 17.7. The molecule has 1 saturated heterocycles. The number of hydrogen-bond donors (Lipinski definition) is 0. The van der Waals surface area contributed by atoms with Crippen molar-refractivity contribution in [2.75, 3.05) is 0 Å². The van der Waals surface area contributed by atoms with Gasteiger partial charge in [-0.05, 0) is 0 Å². The molecule has 2 atom stereocenters. The van der Waals surface area contributed by atoms with Crippen LogP contribution in [0.1, 0.15) is 100 Å². The predicted molar refractivity (Wildman–Crippen MR) is 206 cm³/mol. The van der Waals surface area contributed by atoms with Crippen LogP contribution < -0.4 is 0 Å². The third-order valence-corrected chi connectivity index (χ3v) is 34.4. The van der Waals surface area contributed by atoms with Gasteiger partial charge in [-0.3, -0.25) is 0 Å². The first kappa shape index (κ1) is 33.0. The summed E-state index contributed by atoms with van der Waals surface area (Å²) >= 11 is -3.08. The van der Waals surface area contributed by atoms with Crippen LogP contribution in [0, 0.1) is 13.8 Å². The number of hydrogen-bond acceptors (Lipinski definition) is 0. The summed E-state index contributed by atoms with van der Waals surface area (Å²) in [5.41, 5.74) is 18.0. The van der Waals surface area contributed by atoms with Gasteiger partial charge in [-0.25, -0.2) is 0 Å². The molecule has 0 spiro atoms. The summed E-state index contributed by atoms with van der Waals surface area (Å²) in [4.78, 5) is 0. The molecule has 3 aliphatic rings. The molecule has 4 aromatic carbocycles. The Morgan fingerprint density at radius 2 is 1.00 bits per heavy atom. The zero-order chi connectivity index (χ0) is 33.8. The van der Waals surface area contributed by atoms with Crippen molar-refractivity contribution in [2.24, 2.45) is 0 Å². The Hall–Kier alpha value is -2.55. The van der Waals surface area contributed by atoms with E-state index in [4.69, 9.17) is 0 Å². The summed E-state index contributed by atoms with van der Waals surface area (Å²) in [7, 11) is -1.92. The van der Waals surface area contributed by atoms with Crippen LogP contribution in [0.25, 0.3) is 34.4 Å². The number of rotatable bonds is 3. The van der Waals surface area contributed by atoms with E-state index >= 15 is 0 Å². The third kappa shape index (κ3) is 4.98. The number of fused-ring (bicyclic) bond motifs is 6. The minimum atomic E-state index is -3.08. The molecule has 1 fully saturated rings. The molecule has 47 heavy (non-hydrogen) atoms. The molecule has 0 saturated carbocycles. The van der Waals surface area contributed by atoms with Crippen molar-refractivity contribution < 1.29 is 20.0 Å². The summed E-state index contributed by atoms with van der Waals surface area (Å²) in [5.74, 6) is 0. The molecule has 4 aromatic rings. The molecule has 0 amide bonds. The van der Waals surface area contributed by atoms with Crippen LogP contribution in [0.15, 0.2) is 83.2 Å². The van der Waals surface area contributed by atoms with E-state index in [1.54, 1.807) is 11.1 Å². The van der Waals surface area contributed by atoms with Gasteiger partial charge in [0.05, 0.1) is 0 Å². The Kier molecular flexibility index (Phi) is 7.70. The maximum absolute atomic E-state index is 3.08. The zero-order valence-corrected chi connectivity index (χ0v) is 35.5. The molecule has 2 heteroatoms. The standard InChI is InChI=1S/C43H48Si.2CH3.Hf/c1-11-44(10,34-24-30-14-12-16-38(40(30)26-34)36-20-18-32(22-28(36)2)42(4,5)6)35-25-31-15-13-17-39(41(31)27-35)37-21-19-33(23-29(37)3)43(7,8)9;;;/h12-27H,11H2,1-10H3;2*1H3;. The number of benzene rings is 4. The number of aryl methyl sites for hydroxylation is 2. The van der Waals surface area contributed by atoms with Crippen LogP contribution in [0.4, 0.5) is 0 Å². The van der Waals surface area contributed by atoms with Gasteiger partial charge in [0.1, 0.15) is 0 Å². The minimum absolute atomic E-state index is 0.155. The van der Waals surface area contributed by atoms with Gasteiger partial charge < -0.3 is 0 Å². The molecule has 0 bridgehead atoms. The van der Waals surface area contributed by atoms with Crippen LogP contribution >= 0.6 is 0 Å². The molecule has 242 valence electrons. The zero-order valence-electron chi connectivity index (χ0n) is 30.9. The van der Waals surface area contributed by atoms with E-state index in [0.29, 0.717) is 7.35 Å². The monoisotopic (exact) mass is 802 g/mol. The topological polar surface area (TPSA) is 0 Å². The average Bonchev–Trinajstić information content (AvgIpc) is 3.61. The van der Waals surface area contributed by atoms with Gasteiger partial charge in [-0.1, -0.05) is 0 Å². The van der Waals surface area contributed by atoms with E-state index < -0.39 is 28.0 Å². The van der Waals surface area contributed by atoms with E-state index in [9.17, 15) is 0 Å². The summed E-state index contributed by atoms with van der Waals surface area (Å²) < 4.78 is 6.91. The van der Waals surface area contributed by atoms with E-state index in [1.165, 1.54) is 61.7 Å². The van der Waals surface area contributed by atoms with E-state index in [2.05, 4.69) is 163 Å². The Labute approximate surface area is 290 Å². The Morgan fingerprint density at radius 1 is 0.596 bits per heavy atom.